The van der Waals surface area contributed by atoms with Gasteiger partial charge in [0.25, 0.3) is 0 Å². The smallest absolute Gasteiger partial charge is 0.144 e. The van der Waals surface area contributed by atoms with Gasteiger partial charge in [-0.1, -0.05) is 13.8 Å². The molecule has 1 aromatic rings. The zero-order chi connectivity index (χ0) is 12.1. The van der Waals surface area contributed by atoms with E-state index in [9.17, 15) is 5.11 Å². The number of hydrogen-bond donors (Lipinski definition) is 2. The topological polar surface area (TPSA) is 68.9 Å². The molecule has 0 saturated carbocycles. The van der Waals surface area contributed by atoms with E-state index in [4.69, 9.17) is 5.26 Å². The van der Waals surface area contributed by atoms with Gasteiger partial charge in [-0.3, -0.25) is 0 Å². The second kappa shape index (κ2) is 5.47. The molecule has 1 heterocycles. The summed E-state index contributed by atoms with van der Waals surface area (Å²) < 4.78 is 0. The van der Waals surface area contributed by atoms with Crippen molar-refractivity contribution in [3.8, 4) is 6.07 Å². The number of aromatic nitrogens is 1. The molecule has 0 aromatic carbocycles. The van der Waals surface area contributed by atoms with Crippen LogP contribution in [0.3, 0.4) is 0 Å². The van der Waals surface area contributed by atoms with Gasteiger partial charge in [-0.05, 0) is 25.0 Å². The van der Waals surface area contributed by atoms with E-state index in [-0.39, 0.29) is 5.92 Å². The molecule has 0 radical (unpaired) electrons. The Hall–Kier alpha value is -1.60. The molecule has 0 spiro atoms. The lowest BCUT2D eigenvalue weighted by Gasteiger charge is -2.16. The van der Waals surface area contributed by atoms with E-state index in [0.717, 1.165) is 5.69 Å². The Morgan fingerprint density at radius 1 is 1.50 bits per heavy atom. The average Bonchev–Trinajstić information content (AvgIpc) is 2.25. The third-order valence-electron chi connectivity index (χ3n) is 2.40. The first kappa shape index (κ1) is 12.5. The minimum atomic E-state index is -0.436. The normalized spacial score (nSPS) is 12.2. The summed E-state index contributed by atoms with van der Waals surface area (Å²) in [5.74, 6) is 0.727. The highest BCUT2D eigenvalue weighted by Crippen LogP contribution is 2.12. The van der Waals surface area contributed by atoms with E-state index < -0.39 is 6.10 Å². The molecule has 1 atom stereocenters. The largest absolute Gasteiger partial charge is 0.391 e. The summed E-state index contributed by atoms with van der Waals surface area (Å²) in [6, 6.07) is 5.59. The number of nitrogens with one attached hydrogen (secondary N) is 1. The molecule has 4 nitrogen and oxygen atoms in total. The van der Waals surface area contributed by atoms with Crippen LogP contribution in [-0.2, 0) is 0 Å². The maximum absolute atomic E-state index is 9.65. The third-order valence-corrected chi connectivity index (χ3v) is 2.40. The summed E-state index contributed by atoms with van der Waals surface area (Å²) in [4.78, 5) is 4.23. The molecular formula is C12H17N3O. The lowest BCUT2D eigenvalue weighted by atomic mass is 10.1. The number of anilines is 1. The first-order valence-corrected chi connectivity index (χ1v) is 5.34. The van der Waals surface area contributed by atoms with E-state index in [1.54, 1.807) is 12.1 Å². The summed E-state index contributed by atoms with van der Waals surface area (Å²) >= 11 is 0. The predicted octanol–water partition coefficient (Wildman–Crippen LogP) is 1.69. The molecule has 0 aliphatic heterocycles. The molecule has 1 aromatic heterocycles. The number of rotatable bonds is 4. The molecule has 2 N–H and O–H groups in total. The van der Waals surface area contributed by atoms with Gasteiger partial charge < -0.3 is 10.4 Å². The van der Waals surface area contributed by atoms with Crippen molar-refractivity contribution in [3.63, 3.8) is 0 Å². The molecule has 0 amide bonds. The van der Waals surface area contributed by atoms with Crippen molar-refractivity contribution >= 4 is 5.82 Å². The molecular weight excluding hydrogens is 202 g/mol. The van der Waals surface area contributed by atoms with Crippen molar-refractivity contribution in [3.05, 3.63) is 23.4 Å². The maximum Gasteiger partial charge on any atom is 0.144 e. The van der Waals surface area contributed by atoms with Crippen LogP contribution in [0.5, 0.6) is 0 Å². The van der Waals surface area contributed by atoms with E-state index in [1.165, 1.54) is 0 Å². The molecule has 0 fully saturated rings. The molecule has 0 aliphatic rings. The van der Waals surface area contributed by atoms with Crippen molar-refractivity contribution in [2.45, 2.75) is 26.9 Å². The van der Waals surface area contributed by atoms with E-state index in [1.807, 2.05) is 20.8 Å². The van der Waals surface area contributed by atoms with Crippen LogP contribution in [0, 0.1) is 24.2 Å². The lowest BCUT2D eigenvalue weighted by Crippen LogP contribution is -2.25. The maximum atomic E-state index is 9.65. The van der Waals surface area contributed by atoms with Gasteiger partial charge in [0.15, 0.2) is 0 Å². The van der Waals surface area contributed by atoms with Gasteiger partial charge in [-0.2, -0.15) is 5.26 Å². The fraction of sp³-hybridized carbons (Fsp3) is 0.500. The Kier molecular flexibility index (Phi) is 4.27. The van der Waals surface area contributed by atoms with Crippen LogP contribution in [0.4, 0.5) is 5.82 Å². The highest BCUT2D eigenvalue weighted by molar-refractivity contribution is 5.52. The number of nitriles is 1. The molecule has 1 rings (SSSR count). The van der Waals surface area contributed by atoms with Crippen molar-refractivity contribution in [2.24, 2.45) is 5.92 Å². The van der Waals surface area contributed by atoms with Gasteiger partial charge in [0.2, 0.25) is 0 Å². The molecule has 0 saturated heterocycles. The Morgan fingerprint density at radius 2 is 2.19 bits per heavy atom. The van der Waals surface area contributed by atoms with Crippen LogP contribution in [0.15, 0.2) is 12.1 Å². The summed E-state index contributed by atoms with van der Waals surface area (Å²) in [5, 5.41) is 21.5. The first-order valence-electron chi connectivity index (χ1n) is 5.34. The summed E-state index contributed by atoms with van der Waals surface area (Å²) in [6.45, 7) is 6.16. The van der Waals surface area contributed by atoms with Gasteiger partial charge in [-0.15, -0.1) is 0 Å². The fourth-order valence-electron chi connectivity index (χ4n) is 1.22. The number of pyridine rings is 1. The van der Waals surface area contributed by atoms with Gasteiger partial charge in [0.1, 0.15) is 11.9 Å². The van der Waals surface area contributed by atoms with Crippen molar-refractivity contribution in [1.29, 1.82) is 5.26 Å². The van der Waals surface area contributed by atoms with Gasteiger partial charge in [0, 0.05) is 12.2 Å². The van der Waals surface area contributed by atoms with Gasteiger partial charge in [-0.25, -0.2) is 4.98 Å². The minimum Gasteiger partial charge on any atom is -0.391 e. The van der Waals surface area contributed by atoms with Crippen LogP contribution in [0.1, 0.15) is 25.1 Å². The number of aliphatic hydroxyl groups is 1. The molecule has 1 unspecified atom stereocenters. The molecule has 86 valence electrons. The van der Waals surface area contributed by atoms with Crippen molar-refractivity contribution in [1.82, 2.24) is 4.98 Å². The fourth-order valence-corrected chi connectivity index (χ4v) is 1.22. The third kappa shape index (κ3) is 3.21. The summed E-state index contributed by atoms with van der Waals surface area (Å²) in [7, 11) is 0. The van der Waals surface area contributed by atoms with Crippen molar-refractivity contribution < 1.29 is 5.11 Å². The number of hydrogen-bond acceptors (Lipinski definition) is 4. The predicted molar refractivity (Wildman–Crippen MR) is 63.0 cm³/mol. The van der Waals surface area contributed by atoms with Crippen LogP contribution in [0.2, 0.25) is 0 Å². The van der Waals surface area contributed by atoms with Crippen LogP contribution in [0.25, 0.3) is 0 Å². The van der Waals surface area contributed by atoms with E-state index in [0.29, 0.717) is 17.9 Å². The summed E-state index contributed by atoms with van der Waals surface area (Å²) in [6.07, 6.45) is -0.436. The number of aliphatic hydroxyl groups excluding tert-OH is 1. The molecule has 4 heteroatoms. The Labute approximate surface area is 95.9 Å². The quantitative estimate of drug-likeness (QED) is 0.808. The molecule has 16 heavy (non-hydrogen) atoms. The average molecular weight is 219 g/mol. The van der Waals surface area contributed by atoms with E-state index >= 15 is 0 Å². The minimum absolute atomic E-state index is 0.183. The zero-order valence-electron chi connectivity index (χ0n) is 9.86. The highest BCUT2D eigenvalue weighted by Gasteiger charge is 2.10. The summed E-state index contributed by atoms with van der Waals surface area (Å²) in [5.41, 5.74) is 1.35. The Morgan fingerprint density at radius 3 is 2.75 bits per heavy atom. The van der Waals surface area contributed by atoms with Gasteiger partial charge >= 0.3 is 0 Å². The Bertz CT molecular complexity index is 396. The number of nitrogens with zero attached hydrogens (tertiary/aromatic N) is 2. The second-order valence-corrected chi connectivity index (χ2v) is 4.15. The lowest BCUT2D eigenvalue weighted by molar-refractivity contribution is 0.138. The molecule has 0 aliphatic carbocycles. The van der Waals surface area contributed by atoms with E-state index in [2.05, 4.69) is 16.4 Å². The van der Waals surface area contributed by atoms with Crippen LogP contribution >= 0.6 is 0 Å². The highest BCUT2D eigenvalue weighted by atomic mass is 16.3. The van der Waals surface area contributed by atoms with Crippen molar-refractivity contribution in [2.75, 3.05) is 11.9 Å². The van der Waals surface area contributed by atoms with Crippen LogP contribution < -0.4 is 5.32 Å². The number of aryl methyl sites for hydroxylation is 1. The molecule has 0 bridgehead atoms. The Balaban J connectivity index is 2.73. The second-order valence-electron chi connectivity index (χ2n) is 4.15. The zero-order valence-corrected chi connectivity index (χ0v) is 9.86. The first-order chi connectivity index (χ1) is 7.54. The van der Waals surface area contributed by atoms with Gasteiger partial charge in [0.05, 0.1) is 11.7 Å². The van der Waals surface area contributed by atoms with Crippen LogP contribution in [-0.4, -0.2) is 22.7 Å². The monoisotopic (exact) mass is 219 g/mol. The SMILES string of the molecule is Cc1ccc(C#N)c(NCC(O)C(C)C)n1. The standard InChI is InChI=1S/C12H17N3O/c1-8(2)11(16)7-14-12-10(6-13)5-4-9(3)15-12/h4-5,8,11,16H,7H2,1-3H3,(H,14,15).